The number of ether oxygens (including phenoxy) is 2. The Labute approximate surface area is 197 Å². The number of aryl methyl sites for hydroxylation is 1. The van der Waals surface area contributed by atoms with Crippen LogP contribution in [0, 0.1) is 5.92 Å². The molecule has 1 aliphatic rings. The van der Waals surface area contributed by atoms with Crippen molar-refractivity contribution in [3.63, 3.8) is 0 Å². The van der Waals surface area contributed by atoms with Gasteiger partial charge in [0.1, 0.15) is 0 Å². The predicted octanol–water partition coefficient (Wildman–Crippen LogP) is 3.06. The highest BCUT2D eigenvalue weighted by Crippen LogP contribution is 2.48. The third-order valence-electron chi connectivity index (χ3n) is 6.22. The minimum absolute atomic E-state index is 0.0485. The highest BCUT2D eigenvalue weighted by molar-refractivity contribution is 5.88. The fraction of sp³-hybridized carbons (Fsp3) is 0.538. The van der Waals surface area contributed by atoms with Gasteiger partial charge in [0.15, 0.2) is 0 Å². The SMILES string of the molecule is CCOCCCN(CC(=O)N(CCOC)Cc1cccn1C)C(=O)C1CC1c1ccccc1. The molecule has 0 spiro atoms. The Balaban J connectivity index is 1.67. The van der Waals surface area contributed by atoms with Gasteiger partial charge in [0.25, 0.3) is 0 Å². The molecule has 7 heteroatoms. The smallest absolute Gasteiger partial charge is 0.242 e. The zero-order chi connectivity index (χ0) is 23.6. The van der Waals surface area contributed by atoms with Crippen molar-refractivity contribution in [1.82, 2.24) is 14.4 Å². The van der Waals surface area contributed by atoms with Crippen LogP contribution < -0.4 is 0 Å². The first-order valence-electron chi connectivity index (χ1n) is 11.8. The number of hydrogen-bond donors (Lipinski definition) is 0. The normalized spacial score (nSPS) is 17.1. The molecule has 1 aliphatic carbocycles. The van der Waals surface area contributed by atoms with Gasteiger partial charge in [-0.25, -0.2) is 0 Å². The first-order chi connectivity index (χ1) is 16.0. The Bertz CT molecular complexity index is 883. The lowest BCUT2D eigenvalue weighted by atomic mass is 10.1. The van der Waals surface area contributed by atoms with Crippen molar-refractivity contribution in [3.8, 4) is 0 Å². The lowest BCUT2D eigenvalue weighted by Crippen LogP contribution is -2.45. The maximum Gasteiger partial charge on any atom is 0.242 e. The van der Waals surface area contributed by atoms with Crippen molar-refractivity contribution in [2.75, 3.05) is 46.6 Å². The molecule has 0 N–H and O–H groups in total. The van der Waals surface area contributed by atoms with Gasteiger partial charge >= 0.3 is 0 Å². The molecule has 1 saturated carbocycles. The van der Waals surface area contributed by atoms with Crippen LogP contribution in [0.1, 0.15) is 36.9 Å². The Morgan fingerprint density at radius 3 is 2.52 bits per heavy atom. The number of rotatable bonds is 14. The van der Waals surface area contributed by atoms with Gasteiger partial charge in [0.05, 0.1) is 19.7 Å². The first kappa shape index (κ1) is 25.0. The van der Waals surface area contributed by atoms with Gasteiger partial charge in [-0.05, 0) is 43.4 Å². The minimum Gasteiger partial charge on any atom is -0.383 e. The Hall–Kier alpha value is -2.64. The van der Waals surface area contributed by atoms with Gasteiger partial charge in [0, 0.05) is 58.3 Å². The molecule has 2 atom stereocenters. The lowest BCUT2D eigenvalue weighted by molar-refractivity contribution is -0.142. The van der Waals surface area contributed by atoms with E-state index in [2.05, 4.69) is 12.1 Å². The van der Waals surface area contributed by atoms with Crippen molar-refractivity contribution < 1.29 is 19.1 Å². The number of carbonyl (C=O) groups excluding carboxylic acids is 2. The molecule has 180 valence electrons. The maximum atomic E-state index is 13.4. The zero-order valence-corrected chi connectivity index (χ0v) is 20.1. The highest BCUT2D eigenvalue weighted by atomic mass is 16.5. The fourth-order valence-electron chi connectivity index (χ4n) is 4.15. The van der Waals surface area contributed by atoms with Gasteiger partial charge in [-0.15, -0.1) is 0 Å². The van der Waals surface area contributed by atoms with Crippen molar-refractivity contribution in [2.24, 2.45) is 13.0 Å². The number of amides is 2. The summed E-state index contributed by atoms with van der Waals surface area (Å²) in [5.74, 6) is 0.206. The first-order valence-corrected chi connectivity index (χ1v) is 11.8. The van der Waals surface area contributed by atoms with E-state index in [0.717, 1.165) is 12.1 Å². The van der Waals surface area contributed by atoms with E-state index in [9.17, 15) is 9.59 Å². The zero-order valence-electron chi connectivity index (χ0n) is 20.1. The number of carbonyl (C=O) groups is 2. The van der Waals surface area contributed by atoms with E-state index in [1.807, 2.05) is 55.1 Å². The van der Waals surface area contributed by atoms with E-state index in [4.69, 9.17) is 9.47 Å². The van der Waals surface area contributed by atoms with Crippen LogP contribution in [0.25, 0.3) is 0 Å². The monoisotopic (exact) mass is 455 g/mol. The number of hydrogen-bond acceptors (Lipinski definition) is 4. The van der Waals surface area contributed by atoms with Gasteiger partial charge < -0.3 is 23.8 Å². The Morgan fingerprint density at radius 2 is 1.85 bits per heavy atom. The summed E-state index contributed by atoms with van der Waals surface area (Å²) in [6, 6.07) is 14.1. The maximum absolute atomic E-state index is 13.4. The van der Waals surface area contributed by atoms with E-state index in [1.165, 1.54) is 5.56 Å². The summed E-state index contributed by atoms with van der Waals surface area (Å²) < 4.78 is 12.7. The summed E-state index contributed by atoms with van der Waals surface area (Å²) in [6.07, 6.45) is 3.52. The molecule has 0 saturated heterocycles. The van der Waals surface area contributed by atoms with Crippen molar-refractivity contribution in [3.05, 3.63) is 59.9 Å². The molecule has 7 nitrogen and oxygen atoms in total. The van der Waals surface area contributed by atoms with E-state index in [1.54, 1.807) is 16.9 Å². The average molecular weight is 456 g/mol. The molecule has 0 bridgehead atoms. The third kappa shape index (κ3) is 7.17. The molecular weight excluding hydrogens is 418 g/mol. The molecule has 0 aliphatic heterocycles. The number of benzene rings is 1. The van der Waals surface area contributed by atoms with E-state index < -0.39 is 0 Å². The summed E-state index contributed by atoms with van der Waals surface area (Å²) in [5, 5.41) is 0. The predicted molar refractivity (Wildman–Crippen MR) is 128 cm³/mol. The van der Waals surface area contributed by atoms with Crippen LogP contribution in [0.4, 0.5) is 0 Å². The van der Waals surface area contributed by atoms with Crippen LogP contribution in [0.15, 0.2) is 48.7 Å². The molecule has 0 radical (unpaired) electrons. The van der Waals surface area contributed by atoms with Crippen LogP contribution in [0.5, 0.6) is 0 Å². The average Bonchev–Trinajstić information content (AvgIpc) is 3.54. The summed E-state index contributed by atoms with van der Waals surface area (Å²) >= 11 is 0. The second-order valence-corrected chi connectivity index (χ2v) is 8.59. The largest absolute Gasteiger partial charge is 0.383 e. The Morgan fingerprint density at radius 1 is 1.06 bits per heavy atom. The third-order valence-corrected chi connectivity index (χ3v) is 6.22. The van der Waals surface area contributed by atoms with Crippen LogP contribution in [-0.4, -0.2) is 72.7 Å². The molecule has 1 heterocycles. The van der Waals surface area contributed by atoms with Crippen molar-refractivity contribution in [1.29, 1.82) is 0 Å². The molecule has 2 amide bonds. The number of methoxy groups -OCH3 is 1. The van der Waals surface area contributed by atoms with Crippen molar-refractivity contribution in [2.45, 2.75) is 32.2 Å². The van der Waals surface area contributed by atoms with E-state index in [-0.39, 0.29) is 30.2 Å². The fourth-order valence-corrected chi connectivity index (χ4v) is 4.15. The standard InChI is InChI=1S/C26H37N3O4/c1-4-33-16-9-14-29(26(31)24-18-23(24)21-10-6-5-7-11-21)20-25(30)28(15-17-32-3)19-22-12-8-13-27(22)2/h5-8,10-13,23-24H,4,9,14-20H2,1-3H3. The van der Waals surface area contributed by atoms with Crippen LogP contribution >= 0.6 is 0 Å². The van der Waals surface area contributed by atoms with E-state index >= 15 is 0 Å². The summed E-state index contributed by atoms with van der Waals surface area (Å²) in [5.41, 5.74) is 2.24. The second kappa shape index (κ2) is 12.6. The summed E-state index contributed by atoms with van der Waals surface area (Å²) in [6.45, 7) is 5.21. The molecule has 1 aromatic carbocycles. The summed E-state index contributed by atoms with van der Waals surface area (Å²) in [4.78, 5) is 30.2. The topological polar surface area (TPSA) is 64.0 Å². The molecule has 2 unspecified atom stereocenters. The van der Waals surface area contributed by atoms with Crippen molar-refractivity contribution >= 4 is 11.8 Å². The van der Waals surface area contributed by atoms with Crippen LogP contribution in [0.2, 0.25) is 0 Å². The van der Waals surface area contributed by atoms with E-state index in [0.29, 0.717) is 45.9 Å². The molecule has 3 rings (SSSR count). The minimum atomic E-state index is -0.0603. The quantitative estimate of drug-likeness (QED) is 0.411. The molecule has 1 fully saturated rings. The lowest BCUT2D eigenvalue weighted by Gasteiger charge is -2.28. The highest BCUT2D eigenvalue weighted by Gasteiger charge is 2.46. The Kier molecular flexibility index (Phi) is 9.51. The molecule has 2 aromatic rings. The molecular formula is C26H37N3O4. The van der Waals surface area contributed by atoms with Gasteiger partial charge in [-0.3, -0.25) is 9.59 Å². The van der Waals surface area contributed by atoms with Gasteiger partial charge in [0.2, 0.25) is 11.8 Å². The molecule has 1 aromatic heterocycles. The van der Waals surface area contributed by atoms with Gasteiger partial charge in [-0.1, -0.05) is 30.3 Å². The number of aromatic nitrogens is 1. The van der Waals surface area contributed by atoms with Gasteiger partial charge in [-0.2, -0.15) is 0 Å². The van der Waals surface area contributed by atoms with Crippen LogP contribution in [-0.2, 0) is 32.7 Å². The summed E-state index contributed by atoms with van der Waals surface area (Å²) in [7, 11) is 3.60. The second-order valence-electron chi connectivity index (χ2n) is 8.59. The number of nitrogens with zero attached hydrogens (tertiary/aromatic N) is 3. The van der Waals surface area contributed by atoms with Crippen LogP contribution in [0.3, 0.4) is 0 Å². The molecule has 33 heavy (non-hydrogen) atoms.